The monoisotopic (exact) mass is 247 g/mol. The van der Waals surface area contributed by atoms with Crippen LogP contribution >= 0.6 is 0 Å². The molecule has 0 radical (unpaired) electrons. The van der Waals surface area contributed by atoms with Gasteiger partial charge < -0.3 is 10.0 Å². The average molecular weight is 247 g/mol. The van der Waals surface area contributed by atoms with Crippen molar-refractivity contribution < 1.29 is 14.7 Å². The van der Waals surface area contributed by atoms with Crippen molar-refractivity contribution in [1.82, 2.24) is 4.90 Å². The minimum absolute atomic E-state index is 0.166. The minimum Gasteiger partial charge on any atom is -0.480 e. The highest BCUT2D eigenvalue weighted by Crippen LogP contribution is 2.22. The number of carbonyl (C=O) groups excluding carboxylic acids is 1. The summed E-state index contributed by atoms with van der Waals surface area (Å²) in [5.74, 6) is -1.08. The van der Waals surface area contributed by atoms with Crippen molar-refractivity contribution in [3.05, 3.63) is 34.9 Å². The first-order valence-electron chi connectivity index (χ1n) is 6.12. The second-order valence-electron chi connectivity index (χ2n) is 4.74. The van der Waals surface area contributed by atoms with Crippen LogP contribution in [0, 0.1) is 13.8 Å². The van der Waals surface area contributed by atoms with Gasteiger partial charge in [0.15, 0.2) is 0 Å². The van der Waals surface area contributed by atoms with Gasteiger partial charge in [-0.2, -0.15) is 0 Å². The molecule has 0 saturated carbocycles. The van der Waals surface area contributed by atoms with Gasteiger partial charge >= 0.3 is 5.97 Å². The quantitative estimate of drug-likeness (QED) is 0.869. The molecule has 0 bridgehead atoms. The summed E-state index contributed by atoms with van der Waals surface area (Å²) in [5.41, 5.74) is 2.59. The van der Waals surface area contributed by atoms with E-state index in [1.165, 1.54) is 4.90 Å². The zero-order valence-electron chi connectivity index (χ0n) is 10.6. The second kappa shape index (κ2) is 4.80. The Bertz CT molecular complexity index is 496. The molecule has 1 atom stereocenters. The lowest BCUT2D eigenvalue weighted by molar-refractivity contribution is -0.141. The van der Waals surface area contributed by atoms with E-state index >= 15 is 0 Å². The molecule has 0 unspecified atom stereocenters. The fourth-order valence-electron chi connectivity index (χ4n) is 2.40. The molecular weight excluding hydrogens is 230 g/mol. The lowest BCUT2D eigenvalue weighted by Crippen LogP contribution is -2.40. The number of carbonyl (C=O) groups is 2. The highest BCUT2D eigenvalue weighted by molar-refractivity contribution is 5.98. The molecule has 1 saturated heterocycles. The first kappa shape index (κ1) is 12.6. The van der Waals surface area contributed by atoms with Crippen LogP contribution in [-0.4, -0.2) is 34.5 Å². The predicted octanol–water partition coefficient (Wildman–Crippen LogP) is 1.99. The van der Waals surface area contributed by atoms with E-state index in [2.05, 4.69) is 0 Å². The maximum absolute atomic E-state index is 12.4. The summed E-state index contributed by atoms with van der Waals surface area (Å²) < 4.78 is 0. The smallest absolute Gasteiger partial charge is 0.326 e. The summed E-state index contributed by atoms with van der Waals surface area (Å²) in [6.07, 6.45) is 1.31. The number of hydrogen-bond acceptors (Lipinski definition) is 2. The Morgan fingerprint density at radius 1 is 1.33 bits per heavy atom. The molecule has 4 heteroatoms. The Labute approximate surface area is 106 Å². The Balaban J connectivity index is 2.31. The third-order valence-corrected chi connectivity index (χ3v) is 3.63. The normalized spacial score (nSPS) is 19.0. The summed E-state index contributed by atoms with van der Waals surface area (Å²) in [7, 11) is 0. The van der Waals surface area contributed by atoms with Gasteiger partial charge in [-0.05, 0) is 43.9 Å². The SMILES string of the molecule is Cc1cccc(C(=O)N2CCC[C@H]2C(=O)O)c1C. The topological polar surface area (TPSA) is 57.6 Å². The van der Waals surface area contributed by atoms with E-state index in [0.717, 1.165) is 17.5 Å². The van der Waals surface area contributed by atoms with Gasteiger partial charge in [0.05, 0.1) is 0 Å². The first-order chi connectivity index (χ1) is 8.52. The lowest BCUT2D eigenvalue weighted by atomic mass is 10.0. The molecule has 0 aliphatic carbocycles. The summed E-state index contributed by atoms with van der Waals surface area (Å²) in [6, 6.07) is 4.88. The molecule has 1 heterocycles. The highest BCUT2D eigenvalue weighted by atomic mass is 16.4. The number of carboxylic acid groups (broad SMARTS) is 1. The molecule has 2 rings (SSSR count). The lowest BCUT2D eigenvalue weighted by Gasteiger charge is -2.22. The van der Waals surface area contributed by atoms with E-state index in [-0.39, 0.29) is 5.91 Å². The third kappa shape index (κ3) is 2.10. The second-order valence-corrected chi connectivity index (χ2v) is 4.74. The zero-order chi connectivity index (χ0) is 13.3. The first-order valence-corrected chi connectivity index (χ1v) is 6.12. The number of nitrogens with zero attached hydrogens (tertiary/aromatic N) is 1. The average Bonchev–Trinajstić information content (AvgIpc) is 2.81. The molecule has 18 heavy (non-hydrogen) atoms. The van der Waals surface area contributed by atoms with Gasteiger partial charge in [-0.1, -0.05) is 12.1 Å². The van der Waals surface area contributed by atoms with Crippen LogP contribution in [-0.2, 0) is 4.79 Å². The van der Waals surface area contributed by atoms with Gasteiger partial charge in [-0.15, -0.1) is 0 Å². The molecule has 1 fully saturated rings. The molecular formula is C14H17NO3. The fraction of sp³-hybridized carbons (Fsp3) is 0.429. The number of aliphatic carboxylic acids is 1. The van der Waals surface area contributed by atoms with E-state index in [1.807, 2.05) is 26.0 Å². The van der Waals surface area contributed by atoms with Crippen molar-refractivity contribution >= 4 is 11.9 Å². The van der Waals surface area contributed by atoms with Crippen molar-refractivity contribution in [3.8, 4) is 0 Å². The largest absolute Gasteiger partial charge is 0.480 e. The summed E-state index contributed by atoms with van der Waals surface area (Å²) in [4.78, 5) is 25.0. The summed E-state index contributed by atoms with van der Waals surface area (Å²) in [5, 5.41) is 9.11. The van der Waals surface area contributed by atoms with Gasteiger partial charge in [0.2, 0.25) is 0 Å². The Hall–Kier alpha value is -1.84. The van der Waals surface area contributed by atoms with Crippen molar-refractivity contribution in [2.75, 3.05) is 6.54 Å². The zero-order valence-corrected chi connectivity index (χ0v) is 10.6. The van der Waals surface area contributed by atoms with Gasteiger partial charge in [-0.25, -0.2) is 4.79 Å². The van der Waals surface area contributed by atoms with Crippen LogP contribution in [0.25, 0.3) is 0 Å². The minimum atomic E-state index is -0.911. The molecule has 1 amide bonds. The van der Waals surface area contributed by atoms with Crippen LogP contribution in [0.15, 0.2) is 18.2 Å². The third-order valence-electron chi connectivity index (χ3n) is 3.63. The Morgan fingerprint density at radius 3 is 2.72 bits per heavy atom. The van der Waals surface area contributed by atoms with Crippen LogP contribution in [0.1, 0.15) is 34.3 Å². The van der Waals surface area contributed by atoms with Crippen LogP contribution in [0.3, 0.4) is 0 Å². The van der Waals surface area contributed by atoms with E-state index in [4.69, 9.17) is 5.11 Å². The fourth-order valence-corrected chi connectivity index (χ4v) is 2.40. The van der Waals surface area contributed by atoms with Crippen LogP contribution < -0.4 is 0 Å². The van der Waals surface area contributed by atoms with E-state index in [1.54, 1.807) is 6.07 Å². The van der Waals surface area contributed by atoms with Crippen molar-refractivity contribution in [2.45, 2.75) is 32.7 Å². The number of aryl methyl sites for hydroxylation is 1. The van der Waals surface area contributed by atoms with Gasteiger partial charge in [0, 0.05) is 12.1 Å². The van der Waals surface area contributed by atoms with Crippen molar-refractivity contribution in [2.24, 2.45) is 0 Å². The van der Waals surface area contributed by atoms with E-state index in [9.17, 15) is 9.59 Å². The number of rotatable bonds is 2. The van der Waals surface area contributed by atoms with Crippen molar-refractivity contribution in [1.29, 1.82) is 0 Å². The molecule has 1 N–H and O–H groups in total. The van der Waals surface area contributed by atoms with Crippen LogP contribution in [0.4, 0.5) is 0 Å². The number of hydrogen-bond donors (Lipinski definition) is 1. The molecule has 1 aliphatic heterocycles. The number of benzene rings is 1. The summed E-state index contributed by atoms with van der Waals surface area (Å²) >= 11 is 0. The number of carboxylic acids is 1. The molecule has 0 spiro atoms. The van der Waals surface area contributed by atoms with Crippen LogP contribution in [0.2, 0.25) is 0 Å². The summed E-state index contributed by atoms with van der Waals surface area (Å²) in [6.45, 7) is 4.38. The number of likely N-dealkylation sites (tertiary alicyclic amines) is 1. The predicted molar refractivity (Wildman–Crippen MR) is 67.6 cm³/mol. The molecule has 96 valence electrons. The van der Waals surface area contributed by atoms with Gasteiger partial charge in [0.25, 0.3) is 5.91 Å². The maximum Gasteiger partial charge on any atom is 0.326 e. The Morgan fingerprint density at radius 2 is 2.06 bits per heavy atom. The highest BCUT2D eigenvalue weighted by Gasteiger charge is 2.34. The standard InChI is InChI=1S/C14H17NO3/c1-9-5-3-6-11(10(9)2)13(16)15-8-4-7-12(15)14(17)18/h3,5-6,12H,4,7-8H2,1-2H3,(H,17,18)/t12-/m0/s1. The van der Waals surface area contributed by atoms with Gasteiger partial charge in [0.1, 0.15) is 6.04 Å². The molecule has 1 aromatic rings. The van der Waals surface area contributed by atoms with Crippen LogP contribution in [0.5, 0.6) is 0 Å². The number of amides is 1. The van der Waals surface area contributed by atoms with E-state index < -0.39 is 12.0 Å². The molecule has 1 aromatic carbocycles. The Kier molecular flexibility index (Phi) is 3.36. The maximum atomic E-state index is 12.4. The molecule has 0 aromatic heterocycles. The van der Waals surface area contributed by atoms with E-state index in [0.29, 0.717) is 18.5 Å². The molecule has 1 aliphatic rings. The molecule has 4 nitrogen and oxygen atoms in total. The van der Waals surface area contributed by atoms with Crippen molar-refractivity contribution in [3.63, 3.8) is 0 Å². The van der Waals surface area contributed by atoms with Gasteiger partial charge in [-0.3, -0.25) is 4.79 Å².